The molecule has 0 aromatic carbocycles. The van der Waals surface area contributed by atoms with Crippen LogP contribution in [0.4, 0.5) is 0 Å². The molecule has 1 unspecified atom stereocenters. The van der Waals surface area contributed by atoms with Gasteiger partial charge in [-0.15, -0.1) is 0 Å². The van der Waals surface area contributed by atoms with Gasteiger partial charge in [0.1, 0.15) is 0 Å². The average Bonchev–Trinajstić information content (AvgIpc) is 2.45. The lowest BCUT2D eigenvalue weighted by Crippen LogP contribution is -2.49. The maximum atomic E-state index is 11.9. The van der Waals surface area contributed by atoms with Crippen molar-refractivity contribution < 1.29 is 10.0 Å². The predicted octanol–water partition coefficient (Wildman–Crippen LogP) is 2.38. The Morgan fingerprint density at radius 3 is 2.63 bits per heavy atom. The number of amidine groups is 1. The zero-order chi connectivity index (χ0) is 14.1. The van der Waals surface area contributed by atoms with Crippen molar-refractivity contribution in [2.75, 3.05) is 0 Å². The van der Waals surface area contributed by atoms with E-state index in [1.807, 2.05) is 0 Å². The van der Waals surface area contributed by atoms with Gasteiger partial charge < -0.3 is 16.3 Å². The molecule has 1 saturated carbocycles. The summed E-state index contributed by atoms with van der Waals surface area (Å²) in [6, 6.07) is -0.306. The highest BCUT2D eigenvalue weighted by Crippen LogP contribution is 2.26. The van der Waals surface area contributed by atoms with Gasteiger partial charge in [0.25, 0.3) is 0 Å². The second kappa shape index (κ2) is 8.77. The lowest BCUT2D eigenvalue weighted by atomic mass is 9.83. The number of oxime groups is 1. The van der Waals surface area contributed by atoms with E-state index in [0.29, 0.717) is 12.3 Å². The van der Waals surface area contributed by atoms with E-state index in [2.05, 4.69) is 17.4 Å². The number of unbranched alkanes of at least 4 members (excludes halogenated alkanes) is 2. The van der Waals surface area contributed by atoms with Crippen molar-refractivity contribution in [3.63, 3.8) is 0 Å². The van der Waals surface area contributed by atoms with Crippen molar-refractivity contribution in [3.05, 3.63) is 0 Å². The molecule has 1 rings (SSSR count). The Kier molecular flexibility index (Phi) is 7.30. The van der Waals surface area contributed by atoms with Crippen LogP contribution in [0.25, 0.3) is 0 Å². The molecule has 1 atom stereocenters. The van der Waals surface area contributed by atoms with E-state index in [4.69, 9.17) is 10.9 Å². The van der Waals surface area contributed by atoms with Gasteiger partial charge in [-0.3, -0.25) is 4.79 Å². The van der Waals surface area contributed by atoms with Crippen molar-refractivity contribution in [1.82, 2.24) is 5.32 Å². The molecular weight excluding hydrogens is 242 g/mol. The quantitative estimate of drug-likeness (QED) is 0.218. The summed E-state index contributed by atoms with van der Waals surface area (Å²) in [5.74, 6) is 0.450. The molecule has 1 amide bonds. The molecule has 19 heavy (non-hydrogen) atoms. The number of hydrogen-bond acceptors (Lipinski definition) is 3. The summed E-state index contributed by atoms with van der Waals surface area (Å²) in [4.78, 5) is 11.9. The van der Waals surface area contributed by atoms with Crippen molar-refractivity contribution >= 4 is 11.7 Å². The first kappa shape index (κ1) is 15.8. The topological polar surface area (TPSA) is 87.7 Å². The first-order valence-corrected chi connectivity index (χ1v) is 7.45. The molecule has 110 valence electrons. The largest absolute Gasteiger partial charge is 0.409 e. The molecule has 0 radical (unpaired) electrons. The fourth-order valence-corrected chi connectivity index (χ4v) is 2.74. The van der Waals surface area contributed by atoms with Gasteiger partial charge in [0.15, 0.2) is 5.84 Å². The van der Waals surface area contributed by atoms with Gasteiger partial charge in [0.2, 0.25) is 5.91 Å². The molecule has 0 saturated heterocycles. The van der Waals surface area contributed by atoms with Crippen LogP contribution in [0.2, 0.25) is 0 Å². The Morgan fingerprint density at radius 1 is 1.37 bits per heavy atom. The average molecular weight is 269 g/mol. The zero-order valence-electron chi connectivity index (χ0n) is 11.9. The van der Waals surface area contributed by atoms with Gasteiger partial charge >= 0.3 is 0 Å². The zero-order valence-corrected chi connectivity index (χ0v) is 11.9. The fourth-order valence-electron chi connectivity index (χ4n) is 2.74. The number of carbonyl (C=O) groups excluding carboxylic acids is 1. The Labute approximate surface area is 115 Å². The lowest BCUT2D eigenvalue weighted by molar-refractivity contribution is -0.121. The summed E-state index contributed by atoms with van der Waals surface area (Å²) < 4.78 is 0. The standard InChI is InChI=1S/C14H27N3O2/c1-2-3-5-10-12(18)16-13(14(15)17-19)11-8-6-4-7-9-11/h11,13,19H,2-10H2,1H3,(H2,15,17)(H,16,18). The van der Waals surface area contributed by atoms with Gasteiger partial charge in [0.05, 0.1) is 6.04 Å². The highest BCUT2D eigenvalue weighted by atomic mass is 16.4. The third-order valence-electron chi connectivity index (χ3n) is 3.88. The Hall–Kier alpha value is -1.26. The molecule has 4 N–H and O–H groups in total. The van der Waals surface area contributed by atoms with E-state index in [-0.39, 0.29) is 17.8 Å². The van der Waals surface area contributed by atoms with E-state index in [1.54, 1.807) is 0 Å². The van der Waals surface area contributed by atoms with E-state index in [9.17, 15) is 4.79 Å². The summed E-state index contributed by atoms with van der Waals surface area (Å²) in [5, 5.41) is 14.9. The minimum absolute atomic E-state index is 0.00984. The second-order valence-corrected chi connectivity index (χ2v) is 5.43. The number of rotatable bonds is 7. The highest BCUT2D eigenvalue weighted by molar-refractivity contribution is 5.90. The van der Waals surface area contributed by atoms with E-state index >= 15 is 0 Å². The van der Waals surface area contributed by atoms with Crippen molar-refractivity contribution in [3.8, 4) is 0 Å². The summed E-state index contributed by atoms with van der Waals surface area (Å²) in [6.07, 6.45) is 9.21. The lowest BCUT2D eigenvalue weighted by Gasteiger charge is -2.30. The van der Waals surface area contributed by atoms with Crippen LogP contribution >= 0.6 is 0 Å². The van der Waals surface area contributed by atoms with E-state index < -0.39 is 0 Å². The van der Waals surface area contributed by atoms with Gasteiger partial charge in [-0.1, -0.05) is 44.2 Å². The molecule has 5 heteroatoms. The van der Waals surface area contributed by atoms with Crippen LogP contribution in [0.3, 0.4) is 0 Å². The van der Waals surface area contributed by atoms with Crippen LogP contribution in [0.5, 0.6) is 0 Å². The van der Waals surface area contributed by atoms with Gasteiger partial charge in [-0.25, -0.2) is 0 Å². The first-order valence-electron chi connectivity index (χ1n) is 7.45. The van der Waals surface area contributed by atoms with Crippen LogP contribution in [0.1, 0.15) is 64.7 Å². The van der Waals surface area contributed by atoms with Crippen LogP contribution in [-0.2, 0) is 4.79 Å². The molecule has 1 fully saturated rings. The summed E-state index contributed by atoms with van der Waals surface area (Å²) in [7, 11) is 0. The van der Waals surface area contributed by atoms with Crippen LogP contribution in [-0.4, -0.2) is 23.0 Å². The number of nitrogens with zero attached hydrogens (tertiary/aromatic N) is 1. The number of nitrogens with one attached hydrogen (secondary N) is 1. The van der Waals surface area contributed by atoms with Crippen molar-refractivity contribution in [2.45, 2.75) is 70.8 Å². The minimum atomic E-state index is -0.306. The van der Waals surface area contributed by atoms with Gasteiger partial charge in [-0.2, -0.15) is 0 Å². The fraction of sp³-hybridized carbons (Fsp3) is 0.857. The number of carbonyl (C=O) groups is 1. The maximum Gasteiger partial charge on any atom is 0.220 e. The summed E-state index contributed by atoms with van der Waals surface area (Å²) in [5.41, 5.74) is 5.74. The van der Waals surface area contributed by atoms with Gasteiger partial charge in [-0.05, 0) is 25.2 Å². The Bertz CT molecular complexity index is 299. The molecule has 0 spiro atoms. The number of nitrogens with two attached hydrogens (primary N) is 1. The monoisotopic (exact) mass is 269 g/mol. The first-order chi connectivity index (χ1) is 9.19. The van der Waals surface area contributed by atoms with Crippen LogP contribution < -0.4 is 11.1 Å². The predicted molar refractivity (Wildman–Crippen MR) is 76.1 cm³/mol. The normalized spacial score (nSPS) is 19.1. The molecule has 1 aliphatic rings. The maximum absolute atomic E-state index is 11.9. The molecular formula is C14H27N3O2. The molecule has 0 aromatic rings. The Morgan fingerprint density at radius 2 is 2.05 bits per heavy atom. The smallest absolute Gasteiger partial charge is 0.220 e. The second-order valence-electron chi connectivity index (χ2n) is 5.43. The van der Waals surface area contributed by atoms with Crippen LogP contribution in [0, 0.1) is 5.92 Å². The molecule has 0 bridgehead atoms. The number of amides is 1. The Balaban J connectivity index is 2.51. The molecule has 0 aromatic heterocycles. The minimum Gasteiger partial charge on any atom is -0.409 e. The molecule has 5 nitrogen and oxygen atoms in total. The van der Waals surface area contributed by atoms with E-state index in [1.165, 1.54) is 6.42 Å². The molecule has 1 aliphatic carbocycles. The third-order valence-corrected chi connectivity index (χ3v) is 3.88. The summed E-state index contributed by atoms with van der Waals surface area (Å²) in [6.45, 7) is 2.11. The van der Waals surface area contributed by atoms with Crippen molar-refractivity contribution in [2.24, 2.45) is 16.8 Å². The summed E-state index contributed by atoms with van der Waals surface area (Å²) >= 11 is 0. The molecule has 0 heterocycles. The van der Waals surface area contributed by atoms with Crippen LogP contribution in [0.15, 0.2) is 5.16 Å². The highest BCUT2D eigenvalue weighted by Gasteiger charge is 2.28. The SMILES string of the molecule is CCCCCC(=O)NC(/C(N)=N/O)C1CCCCC1. The van der Waals surface area contributed by atoms with E-state index in [0.717, 1.165) is 44.9 Å². The molecule has 0 aliphatic heterocycles. The van der Waals surface area contributed by atoms with Gasteiger partial charge in [0, 0.05) is 6.42 Å². The van der Waals surface area contributed by atoms with Crippen molar-refractivity contribution in [1.29, 1.82) is 0 Å². The third kappa shape index (κ3) is 5.49. The number of hydrogen-bond donors (Lipinski definition) is 3.